The minimum Gasteiger partial charge on any atom is -0.507 e. The van der Waals surface area contributed by atoms with Crippen LogP contribution in [0.4, 0.5) is 0 Å². The van der Waals surface area contributed by atoms with E-state index in [0.717, 1.165) is 36.8 Å². The maximum atomic E-state index is 11.1. The minimum atomic E-state index is -0.571. The van der Waals surface area contributed by atoms with Gasteiger partial charge in [-0.3, -0.25) is 4.79 Å². The van der Waals surface area contributed by atoms with Gasteiger partial charge in [0.15, 0.2) is 0 Å². The molecule has 16 heavy (non-hydrogen) atoms. The van der Waals surface area contributed by atoms with Crippen molar-refractivity contribution in [3.8, 4) is 5.75 Å². The number of nitrogens with two attached hydrogens (primary N) is 1. The number of hydrogen-bond acceptors (Lipinski definition) is 2. The maximum absolute atomic E-state index is 11.1. The number of carbonyl (C=O) groups excluding carboxylic acids is 1. The normalized spacial score (nSPS) is 10.4. The molecule has 88 valence electrons. The van der Waals surface area contributed by atoms with Gasteiger partial charge in [-0.1, -0.05) is 32.8 Å². The van der Waals surface area contributed by atoms with Crippen molar-refractivity contribution in [2.24, 2.45) is 5.73 Å². The van der Waals surface area contributed by atoms with Gasteiger partial charge in [0.25, 0.3) is 5.91 Å². The molecule has 0 aliphatic carbocycles. The highest BCUT2D eigenvalue weighted by molar-refractivity contribution is 5.96. The molecule has 0 unspecified atom stereocenters. The summed E-state index contributed by atoms with van der Waals surface area (Å²) in [5.41, 5.74) is 7.42. The zero-order valence-electron chi connectivity index (χ0n) is 9.92. The standard InChI is InChI=1S/C13H19NO2/c1-3-5-9-7-8-11(13(14)16)12(15)10(9)6-4-2/h7-8,15H,3-6H2,1-2H3,(H2,14,16). The molecule has 3 heteroatoms. The summed E-state index contributed by atoms with van der Waals surface area (Å²) in [7, 11) is 0. The Hall–Kier alpha value is -1.51. The van der Waals surface area contributed by atoms with Crippen LogP contribution in [0.15, 0.2) is 12.1 Å². The Kier molecular flexibility index (Phi) is 4.35. The van der Waals surface area contributed by atoms with Crippen molar-refractivity contribution in [1.29, 1.82) is 0 Å². The largest absolute Gasteiger partial charge is 0.507 e. The summed E-state index contributed by atoms with van der Waals surface area (Å²) in [4.78, 5) is 11.1. The second-order valence-electron chi connectivity index (χ2n) is 3.96. The molecule has 3 N–H and O–H groups in total. The molecule has 1 aromatic rings. The Bertz CT molecular complexity index is 386. The Balaban J connectivity index is 3.23. The summed E-state index contributed by atoms with van der Waals surface area (Å²) in [6.07, 6.45) is 3.66. The highest BCUT2D eigenvalue weighted by Gasteiger charge is 2.14. The van der Waals surface area contributed by atoms with Gasteiger partial charge >= 0.3 is 0 Å². The van der Waals surface area contributed by atoms with E-state index in [9.17, 15) is 9.90 Å². The lowest BCUT2D eigenvalue weighted by atomic mass is 9.95. The van der Waals surface area contributed by atoms with Crippen LogP contribution < -0.4 is 5.73 Å². The Labute approximate surface area is 96.3 Å². The van der Waals surface area contributed by atoms with Crippen LogP contribution in [0.25, 0.3) is 0 Å². The molecule has 3 nitrogen and oxygen atoms in total. The van der Waals surface area contributed by atoms with Crippen molar-refractivity contribution >= 4 is 5.91 Å². The van der Waals surface area contributed by atoms with Crippen molar-refractivity contribution < 1.29 is 9.90 Å². The van der Waals surface area contributed by atoms with Crippen LogP contribution in [0.1, 0.15) is 48.2 Å². The molecule has 0 heterocycles. The number of rotatable bonds is 5. The van der Waals surface area contributed by atoms with Crippen LogP contribution in [-0.2, 0) is 12.8 Å². The number of hydrogen-bond donors (Lipinski definition) is 2. The number of aromatic hydroxyl groups is 1. The van der Waals surface area contributed by atoms with Crippen molar-refractivity contribution in [2.75, 3.05) is 0 Å². The van der Waals surface area contributed by atoms with Gasteiger partial charge in [0.05, 0.1) is 5.56 Å². The molecule has 0 fully saturated rings. The Morgan fingerprint density at radius 1 is 1.25 bits per heavy atom. The molecule has 0 spiro atoms. The predicted octanol–water partition coefficient (Wildman–Crippen LogP) is 2.40. The summed E-state index contributed by atoms with van der Waals surface area (Å²) in [6, 6.07) is 3.51. The van der Waals surface area contributed by atoms with Crippen LogP contribution in [0.5, 0.6) is 5.75 Å². The highest BCUT2D eigenvalue weighted by atomic mass is 16.3. The average Bonchev–Trinajstić information content (AvgIpc) is 2.23. The lowest BCUT2D eigenvalue weighted by molar-refractivity contribution is 0.0997. The first-order chi connectivity index (χ1) is 7.61. The van der Waals surface area contributed by atoms with Gasteiger partial charge in [0.1, 0.15) is 5.75 Å². The summed E-state index contributed by atoms with van der Waals surface area (Å²) in [5, 5.41) is 10.00. The number of aryl methyl sites for hydroxylation is 1. The molecule has 1 amide bonds. The Morgan fingerprint density at radius 3 is 2.38 bits per heavy atom. The molecule has 0 aromatic heterocycles. The van der Waals surface area contributed by atoms with Gasteiger partial charge in [0, 0.05) is 0 Å². The van der Waals surface area contributed by atoms with E-state index in [1.165, 1.54) is 0 Å². The third-order valence-corrected chi connectivity index (χ3v) is 2.66. The fourth-order valence-electron chi connectivity index (χ4n) is 1.91. The van der Waals surface area contributed by atoms with Crippen molar-refractivity contribution in [3.63, 3.8) is 0 Å². The van der Waals surface area contributed by atoms with Gasteiger partial charge in [-0.05, 0) is 30.0 Å². The second kappa shape index (κ2) is 5.54. The van der Waals surface area contributed by atoms with E-state index in [1.54, 1.807) is 6.07 Å². The van der Waals surface area contributed by atoms with Crippen LogP contribution >= 0.6 is 0 Å². The lowest BCUT2D eigenvalue weighted by Gasteiger charge is -2.12. The molecule has 0 aliphatic heterocycles. The maximum Gasteiger partial charge on any atom is 0.252 e. The van der Waals surface area contributed by atoms with Gasteiger partial charge < -0.3 is 10.8 Å². The van der Waals surface area contributed by atoms with E-state index in [1.807, 2.05) is 13.0 Å². The third-order valence-electron chi connectivity index (χ3n) is 2.66. The molecular formula is C13H19NO2. The zero-order valence-corrected chi connectivity index (χ0v) is 9.92. The first-order valence-electron chi connectivity index (χ1n) is 5.75. The molecule has 0 saturated heterocycles. The topological polar surface area (TPSA) is 63.3 Å². The van der Waals surface area contributed by atoms with E-state index in [0.29, 0.717) is 0 Å². The molecule has 0 radical (unpaired) electrons. The smallest absolute Gasteiger partial charge is 0.252 e. The van der Waals surface area contributed by atoms with Crippen LogP contribution in [-0.4, -0.2) is 11.0 Å². The number of amides is 1. The number of phenols is 1. The van der Waals surface area contributed by atoms with E-state index in [4.69, 9.17) is 5.73 Å². The molecule has 0 bridgehead atoms. The van der Waals surface area contributed by atoms with Gasteiger partial charge in [-0.15, -0.1) is 0 Å². The fraction of sp³-hybridized carbons (Fsp3) is 0.462. The van der Waals surface area contributed by atoms with Gasteiger partial charge in [0.2, 0.25) is 0 Å². The SMILES string of the molecule is CCCc1ccc(C(N)=O)c(O)c1CCC. The van der Waals surface area contributed by atoms with Gasteiger partial charge in [-0.2, -0.15) is 0 Å². The van der Waals surface area contributed by atoms with Crippen LogP contribution in [0.3, 0.4) is 0 Å². The summed E-state index contributed by atoms with van der Waals surface area (Å²) >= 11 is 0. The summed E-state index contributed by atoms with van der Waals surface area (Å²) < 4.78 is 0. The quantitative estimate of drug-likeness (QED) is 0.801. The summed E-state index contributed by atoms with van der Waals surface area (Å²) in [5.74, 6) is -0.502. The molecule has 0 atom stereocenters. The van der Waals surface area contributed by atoms with Crippen molar-refractivity contribution in [2.45, 2.75) is 39.5 Å². The predicted molar refractivity (Wildman–Crippen MR) is 64.6 cm³/mol. The van der Waals surface area contributed by atoms with Crippen LogP contribution in [0, 0.1) is 0 Å². The number of benzene rings is 1. The van der Waals surface area contributed by atoms with E-state index in [-0.39, 0.29) is 11.3 Å². The average molecular weight is 221 g/mol. The lowest BCUT2D eigenvalue weighted by Crippen LogP contribution is -2.12. The molecule has 0 aliphatic rings. The Morgan fingerprint density at radius 2 is 1.88 bits per heavy atom. The minimum absolute atomic E-state index is 0.0697. The van der Waals surface area contributed by atoms with E-state index < -0.39 is 5.91 Å². The molecule has 0 saturated carbocycles. The zero-order chi connectivity index (χ0) is 12.1. The van der Waals surface area contributed by atoms with E-state index >= 15 is 0 Å². The monoisotopic (exact) mass is 221 g/mol. The van der Waals surface area contributed by atoms with Crippen molar-refractivity contribution in [1.82, 2.24) is 0 Å². The van der Waals surface area contributed by atoms with E-state index in [2.05, 4.69) is 6.92 Å². The highest BCUT2D eigenvalue weighted by Crippen LogP contribution is 2.28. The third kappa shape index (κ3) is 2.54. The fourth-order valence-corrected chi connectivity index (χ4v) is 1.91. The first kappa shape index (κ1) is 12.6. The molecule has 1 aromatic carbocycles. The second-order valence-corrected chi connectivity index (χ2v) is 3.96. The van der Waals surface area contributed by atoms with Gasteiger partial charge in [-0.25, -0.2) is 0 Å². The first-order valence-corrected chi connectivity index (χ1v) is 5.75. The summed E-state index contributed by atoms with van der Waals surface area (Å²) in [6.45, 7) is 4.14. The molecular weight excluding hydrogens is 202 g/mol. The van der Waals surface area contributed by atoms with Crippen LogP contribution in [0.2, 0.25) is 0 Å². The van der Waals surface area contributed by atoms with Crippen molar-refractivity contribution in [3.05, 3.63) is 28.8 Å². The number of carbonyl (C=O) groups is 1. The molecule has 1 rings (SSSR count). The number of primary amides is 1.